The van der Waals surface area contributed by atoms with E-state index in [2.05, 4.69) is 13.8 Å². The van der Waals surface area contributed by atoms with Crippen molar-refractivity contribution in [3.05, 3.63) is 22.3 Å². The Morgan fingerprint density at radius 2 is 1.68 bits per heavy atom. The molecule has 1 aromatic rings. The van der Waals surface area contributed by atoms with Crippen LogP contribution in [-0.4, -0.2) is 42.5 Å². The van der Waals surface area contributed by atoms with E-state index >= 15 is 0 Å². The Morgan fingerprint density at radius 3 is 2.23 bits per heavy atom. The zero-order valence-corrected chi connectivity index (χ0v) is 20.2. The van der Waals surface area contributed by atoms with Crippen LogP contribution in [0.3, 0.4) is 0 Å². The Balaban J connectivity index is 1.66. The van der Waals surface area contributed by atoms with Gasteiger partial charge in [-0.3, -0.25) is 4.79 Å². The van der Waals surface area contributed by atoms with Gasteiger partial charge in [0.05, 0.1) is 11.3 Å². The lowest BCUT2D eigenvalue weighted by atomic mass is 9.72. The van der Waals surface area contributed by atoms with Crippen LogP contribution in [0.1, 0.15) is 74.6 Å². The van der Waals surface area contributed by atoms with Gasteiger partial charge in [-0.15, -0.1) is 0 Å². The molecule has 3 aliphatic rings. The highest BCUT2D eigenvalue weighted by Gasteiger charge is 2.49. The molecule has 1 aromatic carbocycles. The minimum atomic E-state index is -3.66. The van der Waals surface area contributed by atoms with Gasteiger partial charge in [0, 0.05) is 13.1 Å². The number of carboxylic acids is 1. The maximum absolute atomic E-state index is 13.8. The third kappa shape index (κ3) is 3.88. The summed E-state index contributed by atoms with van der Waals surface area (Å²) in [4.78, 5) is 11.9. The zero-order valence-electron chi connectivity index (χ0n) is 19.4. The summed E-state index contributed by atoms with van der Waals surface area (Å²) in [6.07, 6.45) is 5.20. The first-order valence-corrected chi connectivity index (χ1v) is 12.9. The molecule has 0 aromatic heterocycles. The first-order valence-electron chi connectivity index (χ1n) is 11.4. The van der Waals surface area contributed by atoms with Crippen molar-refractivity contribution in [2.45, 2.75) is 90.1 Å². The molecule has 1 N–H and O–H groups in total. The third-order valence-electron chi connectivity index (χ3n) is 7.93. The molecular weight excluding hydrogens is 414 g/mol. The van der Waals surface area contributed by atoms with Gasteiger partial charge in [0.2, 0.25) is 10.0 Å². The van der Waals surface area contributed by atoms with E-state index in [0.717, 1.165) is 53.7 Å². The van der Waals surface area contributed by atoms with Crippen molar-refractivity contribution >= 4 is 16.0 Å². The maximum Gasteiger partial charge on any atom is 0.303 e. The third-order valence-corrected chi connectivity index (χ3v) is 10.1. The van der Waals surface area contributed by atoms with E-state index in [-0.39, 0.29) is 17.4 Å². The molecule has 2 heterocycles. The molecule has 0 amide bonds. The number of rotatable bonds is 5. The predicted molar refractivity (Wildman–Crippen MR) is 119 cm³/mol. The van der Waals surface area contributed by atoms with Crippen molar-refractivity contribution in [1.82, 2.24) is 4.31 Å². The number of aliphatic carboxylic acids is 1. The second-order valence-electron chi connectivity index (χ2n) is 10.5. The zero-order chi connectivity index (χ0) is 22.8. The number of piperidine rings is 1. The summed E-state index contributed by atoms with van der Waals surface area (Å²) in [6.45, 7) is 10.7. The molecule has 2 aliphatic heterocycles. The average molecular weight is 450 g/mol. The van der Waals surface area contributed by atoms with Gasteiger partial charge in [-0.05, 0) is 107 Å². The number of sulfonamides is 1. The summed E-state index contributed by atoms with van der Waals surface area (Å²) in [6, 6.07) is 0. The molecule has 1 aliphatic carbocycles. The first-order chi connectivity index (χ1) is 14.4. The Bertz CT molecular complexity index is 1020. The standard InChI is InChI=1S/C24H35NO5S/c1-15-16(2)22(17(3)19-8-9-23(4,5)30-21(15)19)31(28,29)25-12-10-24(11-13-25,14-20(26)27)18-6-7-18/h18H,6-14H2,1-5H3,(H,26,27). The topological polar surface area (TPSA) is 83.9 Å². The second-order valence-corrected chi connectivity index (χ2v) is 12.4. The SMILES string of the molecule is Cc1c(C)c(S(=O)(=O)N2CCC(CC(=O)O)(C3CC3)CC2)c(C)c2c1OC(C)(C)CC2. The first kappa shape index (κ1) is 22.6. The van der Waals surface area contributed by atoms with Gasteiger partial charge in [-0.25, -0.2) is 8.42 Å². The molecule has 172 valence electrons. The van der Waals surface area contributed by atoms with Gasteiger partial charge in [0.25, 0.3) is 0 Å². The summed E-state index contributed by atoms with van der Waals surface area (Å²) < 4.78 is 35.4. The Labute approximate surface area is 186 Å². The average Bonchev–Trinajstić information content (AvgIpc) is 3.51. The summed E-state index contributed by atoms with van der Waals surface area (Å²) in [7, 11) is -3.66. The predicted octanol–water partition coefficient (Wildman–Crippen LogP) is 4.37. The van der Waals surface area contributed by atoms with Crippen LogP contribution >= 0.6 is 0 Å². The summed E-state index contributed by atoms with van der Waals surface area (Å²) in [5.41, 5.74) is 2.99. The van der Waals surface area contributed by atoms with Crippen molar-refractivity contribution in [3.63, 3.8) is 0 Å². The molecule has 0 bridgehead atoms. The molecule has 4 rings (SSSR count). The van der Waals surface area contributed by atoms with E-state index in [1.165, 1.54) is 0 Å². The molecule has 0 radical (unpaired) electrons. The lowest BCUT2D eigenvalue weighted by Crippen LogP contribution is -2.45. The van der Waals surface area contributed by atoms with E-state index in [1.807, 2.05) is 20.8 Å². The number of hydrogen-bond acceptors (Lipinski definition) is 4. The summed E-state index contributed by atoms with van der Waals surface area (Å²) >= 11 is 0. The number of nitrogens with zero attached hydrogens (tertiary/aromatic N) is 1. The fourth-order valence-corrected chi connectivity index (χ4v) is 7.73. The maximum atomic E-state index is 13.8. The summed E-state index contributed by atoms with van der Waals surface area (Å²) in [5, 5.41) is 9.42. The minimum absolute atomic E-state index is 0.148. The van der Waals surface area contributed by atoms with Crippen LogP contribution in [0, 0.1) is 32.1 Å². The number of fused-ring (bicyclic) bond motifs is 1. The van der Waals surface area contributed by atoms with Crippen molar-refractivity contribution in [3.8, 4) is 5.75 Å². The minimum Gasteiger partial charge on any atom is -0.487 e. The van der Waals surface area contributed by atoms with E-state index in [9.17, 15) is 18.3 Å². The smallest absolute Gasteiger partial charge is 0.303 e. The van der Waals surface area contributed by atoms with Gasteiger partial charge < -0.3 is 9.84 Å². The lowest BCUT2D eigenvalue weighted by Gasteiger charge is -2.41. The van der Waals surface area contributed by atoms with Crippen molar-refractivity contribution < 1.29 is 23.1 Å². The normalized spacial score (nSPS) is 23.1. The molecule has 1 saturated carbocycles. The van der Waals surface area contributed by atoms with Crippen molar-refractivity contribution in [2.24, 2.45) is 11.3 Å². The highest BCUT2D eigenvalue weighted by atomic mass is 32.2. The van der Waals surface area contributed by atoms with Crippen LogP contribution in [-0.2, 0) is 21.2 Å². The van der Waals surface area contributed by atoms with Crippen LogP contribution in [0.5, 0.6) is 5.75 Å². The number of carbonyl (C=O) groups is 1. The van der Waals surface area contributed by atoms with Gasteiger partial charge >= 0.3 is 5.97 Å². The van der Waals surface area contributed by atoms with E-state index in [1.54, 1.807) is 4.31 Å². The number of carboxylic acid groups (broad SMARTS) is 1. The van der Waals surface area contributed by atoms with Crippen LogP contribution in [0.25, 0.3) is 0 Å². The van der Waals surface area contributed by atoms with Gasteiger partial charge in [-0.1, -0.05) is 0 Å². The van der Waals surface area contributed by atoms with Gasteiger partial charge in [0.15, 0.2) is 0 Å². The van der Waals surface area contributed by atoms with Gasteiger partial charge in [0.1, 0.15) is 11.4 Å². The highest BCUT2D eigenvalue weighted by Crippen LogP contribution is 2.54. The molecule has 2 fully saturated rings. The van der Waals surface area contributed by atoms with E-state index < -0.39 is 16.0 Å². The van der Waals surface area contributed by atoms with E-state index in [0.29, 0.717) is 36.7 Å². The quantitative estimate of drug-likeness (QED) is 0.722. The summed E-state index contributed by atoms with van der Waals surface area (Å²) in [5.74, 6) is 0.504. The Hall–Kier alpha value is -1.60. The van der Waals surface area contributed by atoms with Gasteiger partial charge in [-0.2, -0.15) is 4.31 Å². The number of hydrogen-bond donors (Lipinski definition) is 1. The Kier molecular flexibility index (Phi) is 5.45. The lowest BCUT2D eigenvalue weighted by molar-refractivity contribution is -0.141. The molecular formula is C24H35NO5S. The van der Waals surface area contributed by atoms with Crippen LogP contribution in [0.2, 0.25) is 0 Å². The monoisotopic (exact) mass is 449 g/mol. The van der Waals surface area contributed by atoms with Crippen LogP contribution < -0.4 is 4.74 Å². The molecule has 1 saturated heterocycles. The molecule has 0 unspecified atom stereocenters. The molecule has 6 nitrogen and oxygen atoms in total. The Morgan fingerprint density at radius 1 is 1.06 bits per heavy atom. The van der Waals surface area contributed by atoms with Crippen molar-refractivity contribution in [2.75, 3.05) is 13.1 Å². The van der Waals surface area contributed by atoms with Crippen LogP contribution in [0.4, 0.5) is 0 Å². The fourth-order valence-electron chi connectivity index (χ4n) is 5.76. The van der Waals surface area contributed by atoms with E-state index in [4.69, 9.17) is 4.74 Å². The fraction of sp³-hybridized carbons (Fsp3) is 0.708. The highest BCUT2D eigenvalue weighted by molar-refractivity contribution is 7.89. The molecule has 0 spiro atoms. The largest absolute Gasteiger partial charge is 0.487 e. The molecule has 7 heteroatoms. The number of ether oxygens (including phenoxy) is 1. The molecule has 0 atom stereocenters. The van der Waals surface area contributed by atoms with Crippen LogP contribution in [0.15, 0.2) is 4.90 Å². The number of benzene rings is 1. The molecule has 31 heavy (non-hydrogen) atoms. The van der Waals surface area contributed by atoms with Crippen molar-refractivity contribution in [1.29, 1.82) is 0 Å². The second kappa shape index (κ2) is 7.48.